The quantitative estimate of drug-likeness (QED) is 0.393. The SMILES string of the molecule is CS(=O)(=O)c1ccc(Nc2ncnc3sc(Nc4c(Cl)cc(C#N)cc4Cl)nc23)cc1. The van der Waals surface area contributed by atoms with Gasteiger partial charge in [0, 0.05) is 11.9 Å². The summed E-state index contributed by atoms with van der Waals surface area (Å²) in [6.45, 7) is 0. The first kappa shape index (κ1) is 21.3. The van der Waals surface area contributed by atoms with Gasteiger partial charge in [-0.05, 0) is 36.4 Å². The lowest BCUT2D eigenvalue weighted by Gasteiger charge is -2.08. The van der Waals surface area contributed by atoms with Crippen molar-refractivity contribution in [1.82, 2.24) is 15.0 Å². The zero-order chi connectivity index (χ0) is 22.2. The largest absolute Gasteiger partial charge is 0.338 e. The number of aromatic nitrogens is 3. The van der Waals surface area contributed by atoms with Crippen LogP contribution in [0, 0.1) is 11.3 Å². The van der Waals surface area contributed by atoms with E-state index in [1.165, 1.54) is 41.9 Å². The van der Waals surface area contributed by atoms with Gasteiger partial charge < -0.3 is 10.6 Å². The molecule has 0 aliphatic carbocycles. The molecule has 0 unspecified atom stereocenters. The number of sulfone groups is 1. The molecular weight excluding hydrogens is 479 g/mol. The third-order valence-electron chi connectivity index (χ3n) is 4.14. The number of halogens is 2. The molecule has 31 heavy (non-hydrogen) atoms. The fraction of sp³-hybridized carbons (Fsp3) is 0.0526. The zero-order valence-electron chi connectivity index (χ0n) is 15.7. The van der Waals surface area contributed by atoms with E-state index in [0.29, 0.717) is 48.3 Å². The zero-order valence-corrected chi connectivity index (χ0v) is 18.9. The molecule has 0 aliphatic rings. The summed E-state index contributed by atoms with van der Waals surface area (Å²) < 4.78 is 23.2. The molecule has 0 spiro atoms. The van der Waals surface area contributed by atoms with Crippen LogP contribution in [-0.2, 0) is 9.84 Å². The maximum Gasteiger partial charge on any atom is 0.190 e. The highest BCUT2D eigenvalue weighted by Gasteiger charge is 2.15. The van der Waals surface area contributed by atoms with E-state index < -0.39 is 9.84 Å². The molecule has 0 fully saturated rings. The van der Waals surface area contributed by atoms with E-state index in [9.17, 15) is 8.42 Å². The monoisotopic (exact) mass is 490 g/mol. The van der Waals surface area contributed by atoms with Crippen LogP contribution >= 0.6 is 34.5 Å². The first-order chi connectivity index (χ1) is 14.7. The molecule has 0 radical (unpaired) electrons. The summed E-state index contributed by atoms with van der Waals surface area (Å²) in [4.78, 5) is 13.9. The molecule has 12 heteroatoms. The minimum atomic E-state index is -3.28. The van der Waals surface area contributed by atoms with Crippen LogP contribution < -0.4 is 10.6 Å². The van der Waals surface area contributed by atoms with Crippen LogP contribution in [0.2, 0.25) is 10.0 Å². The van der Waals surface area contributed by atoms with Crippen molar-refractivity contribution in [3.8, 4) is 6.07 Å². The third kappa shape index (κ3) is 4.55. The van der Waals surface area contributed by atoms with Crippen molar-refractivity contribution in [2.24, 2.45) is 0 Å². The topological polar surface area (TPSA) is 121 Å². The van der Waals surface area contributed by atoms with Crippen molar-refractivity contribution >= 4 is 77.0 Å². The van der Waals surface area contributed by atoms with Gasteiger partial charge in [-0.1, -0.05) is 34.5 Å². The van der Waals surface area contributed by atoms with Gasteiger partial charge in [-0.25, -0.2) is 23.4 Å². The fourth-order valence-electron chi connectivity index (χ4n) is 2.69. The highest BCUT2D eigenvalue weighted by Crippen LogP contribution is 2.37. The fourth-order valence-corrected chi connectivity index (χ4v) is 4.71. The Morgan fingerprint density at radius 1 is 1.06 bits per heavy atom. The smallest absolute Gasteiger partial charge is 0.190 e. The Bertz CT molecular complexity index is 1420. The summed E-state index contributed by atoms with van der Waals surface area (Å²) in [5, 5.41) is 16.3. The van der Waals surface area contributed by atoms with Gasteiger partial charge in [0.1, 0.15) is 11.8 Å². The molecule has 2 N–H and O–H groups in total. The minimum absolute atomic E-state index is 0.224. The van der Waals surface area contributed by atoms with Crippen LogP contribution in [0.1, 0.15) is 5.56 Å². The summed E-state index contributed by atoms with van der Waals surface area (Å²) >= 11 is 13.8. The van der Waals surface area contributed by atoms with E-state index in [4.69, 9.17) is 28.5 Å². The molecule has 2 aromatic carbocycles. The molecule has 0 aliphatic heterocycles. The second-order valence-corrected chi connectivity index (χ2v) is 10.2. The molecule has 0 atom stereocenters. The molecule has 156 valence electrons. The van der Waals surface area contributed by atoms with Crippen LogP contribution in [0.4, 0.5) is 22.3 Å². The van der Waals surface area contributed by atoms with Crippen molar-refractivity contribution in [1.29, 1.82) is 5.26 Å². The van der Waals surface area contributed by atoms with E-state index >= 15 is 0 Å². The number of rotatable bonds is 5. The molecule has 2 heterocycles. The van der Waals surface area contributed by atoms with E-state index in [-0.39, 0.29) is 4.90 Å². The summed E-state index contributed by atoms with van der Waals surface area (Å²) in [7, 11) is -3.28. The number of hydrogen-bond donors (Lipinski definition) is 2. The molecule has 4 aromatic rings. The Morgan fingerprint density at radius 2 is 1.74 bits per heavy atom. The van der Waals surface area contributed by atoms with Crippen molar-refractivity contribution in [3.63, 3.8) is 0 Å². The van der Waals surface area contributed by atoms with Gasteiger partial charge in [0.25, 0.3) is 0 Å². The number of benzene rings is 2. The Balaban J connectivity index is 1.64. The summed E-state index contributed by atoms with van der Waals surface area (Å²) in [5.74, 6) is 0.457. The molecule has 0 amide bonds. The van der Waals surface area contributed by atoms with Crippen molar-refractivity contribution < 1.29 is 8.42 Å². The maximum atomic E-state index is 11.6. The second kappa shape index (κ2) is 8.28. The van der Waals surface area contributed by atoms with Gasteiger partial charge >= 0.3 is 0 Å². The van der Waals surface area contributed by atoms with Crippen LogP contribution in [0.5, 0.6) is 0 Å². The summed E-state index contributed by atoms with van der Waals surface area (Å²) in [6, 6.07) is 11.3. The van der Waals surface area contributed by atoms with Gasteiger partial charge in [-0.3, -0.25) is 0 Å². The van der Waals surface area contributed by atoms with E-state index in [0.717, 1.165) is 6.26 Å². The molecule has 2 aromatic heterocycles. The average molecular weight is 491 g/mol. The summed E-state index contributed by atoms with van der Waals surface area (Å²) in [6.07, 6.45) is 2.55. The van der Waals surface area contributed by atoms with E-state index in [2.05, 4.69) is 25.6 Å². The predicted molar refractivity (Wildman–Crippen MR) is 123 cm³/mol. The molecule has 0 saturated heterocycles. The maximum absolute atomic E-state index is 11.6. The number of anilines is 4. The van der Waals surface area contributed by atoms with E-state index in [1.807, 2.05) is 6.07 Å². The van der Waals surface area contributed by atoms with Crippen LogP contribution in [0.15, 0.2) is 47.6 Å². The molecule has 0 saturated carbocycles. The molecule has 0 bridgehead atoms. The normalized spacial score (nSPS) is 11.3. The average Bonchev–Trinajstić information content (AvgIpc) is 3.14. The highest BCUT2D eigenvalue weighted by molar-refractivity contribution is 7.90. The van der Waals surface area contributed by atoms with Crippen molar-refractivity contribution in [2.45, 2.75) is 4.90 Å². The molecule has 8 nitrogen and oxygen atoms in total. The van der Waals surface area contributed by atoms with Crippen molar-refractivity contribution in [3.05, 3.63) is 58.3 Å². The van der Waals surface area contributed by atoms with Crippen LogP contribution in [0.25, 0.3) is 10.3 Å². The first-order valence-electron chi connectivity index (χ1n) is 8.59. The lowest BCUT2D eigenvalue weighted by Crippen LogP contribution is -1.99. The third-order valence-corrected chi connectivity index (χ3v) is 6.75. The number of hydrogen-bond acceptors (Lipinski definition) is 9. The number of fused-ring (bicyclic) bond motifs is 1. The Hall–Kier alpha value is -2.97. The second-order valence-electron chi connectivity index (χ2n) is 6.37. The van der Waals surface area contributed by atoms with Crippen LogP contribution in [0.3, 0.4) is 0 Å². The van der Waals surface area contributed by atoms with Gasteiger partial charge in [-0.15, -0.1) is 0 Å². The Kier molecular flexibility index (Phi) is 5.68. The number of nitrogens with zero attached hydrogens (tertiary/aromatic N) is 4. The standard InChI is InChI=1S/C19H12Cl2N6O2S2/c1-31(28,29)12-4-2-11(3-5-12)25-17-16-18(24-9-23-17)30-19(27-16)26-15-13(20)6-10(8-22)7-14(15)21/h2-7,9H,1H3,(H,26,27)(H,23,24,25). The lowest BCUT2D eigenvalue weighted by atomic mass is 10.2. The van der Waals surface area contributed by atoms with Gasteiger partial charge in [0.05, 0.1) is 32.3 Å². The predicted octanol–water partition coefficient (Wildman–Crippen LogP) is 5.16. The van der Waals surface area contributed by atoms with Gasteiger partial charge in [-0.2, -0.15) is 5.26 Å². The highest BCUT2D eigenvalue weighted by atomic mass is 35.5. The van der Waals surface area contributed by atoms with Crippen molar-refractivity contribution in [2.75, 3.05) is 16.9 Å². The summed E-state index contributed by atoms with van der Waals surface area (Å²) in [5.41, 5.74) is 1.94. The molecular formula is C19H12Cl2N6O2S2. The van der Waals surface area contributed by atoms with Crippen LogP contribution in [-0.4, -0.2) is 29.6 Å². The van der Waals surface area contributed by atoms with E-state index in [1.54, 1.807) is 12.1 Å². The van der Waals surface area contributed by atoms with Gasteiger partial charge in [0.2, 0.25) is 0 Å². The number of nitrogens with one attached hydrogen (secondary N) is 2. The first-order valence-corrected chi connectivity index (χ1v) is 12.1. The number of nitriles is 1. The Morgan fingerprint density at radius 3 is 2.35 bits per heavy atom. The van der Waals surface area contributed by atoms with Gasteiger partial charge in [0.15, 0.2) is 25.6 Å². The molecule has 4 rings (SSSR count). The minimum Gasteiger partial charge on any atom is -0.338 e. The Labute approximate surface area is 191 Å². The lowest BCUT2D eigenvalue weighted by molar-refractivity contribution is 0.602. The number of thiazole rings is 1.